The minimum atomic E-state index is -2.31. The molecule has 8 heteroatoms. The van der Waals surface area contributed by atoms with Crippen molar-refractivity contribution >= 4 is 26.3 Å². The van der Waals surface area contributed by atoms with Gasteiger partial charge in [-0.15, -0.1) is 0 Å². The quantitative estimate of drug-likeness (QED) is 0.692. The number of primary amides is 1. The van der Waals surface area contributed by atoms with E-state index in [2.05, 4.69) is 5.32 Å². The Morgan fingerprint density at radius 3 is 2.18 bits per heavy atom. The Labute approximate surface area is 133 Å². The molecule has 0 bridgehead atoms. The maximum atomic E-state index is 12.3. The molecule has 22 heavy (non-hydrogen) atoms. The summed E-state index contributed by atoms with van der Waals surface area (Å²) in [5.41, 5.74) is 5.10. The number of alkyl carbamates (subject to hydrolysis) is 1. The molecular formula is C14H28N2O5Si. The van der Waals surface area contributed by atoms with Gasteiger partial charge in [-0.1, -0.05) is 20.8 Å². The summed E-state index contributed by atoms with van der Waals surface area (Å²) < 4.78 is 10.4. The molecule has 0 saturated carbocycles. The molecule has 2 amide bonds. The molecule has 0 aliphatic carbocycles. The maximum absolute atomic E-state index is 12.3. The molecule has 1 unspecified atom stereocenters. The summed E-state index contributed by atoms with van der Waals surface area (Å²) in [5.74, 6) is -1.10. The van der Waals surface area contributed by atoms with Crippen LogP contribution in [0.4, 0.5) is 4.79 Å². The van der Waals surface area contributed by atoms with Gasteiger partial charge in [0.15, 0.2) is 0 Å². The van der Waals surface area contributed by atoms with E-state index in [1.54, 1.807) is 6.92 Å². The summed E-state index contributed by atoms with van der Waals surface area (Å²) in [6.45, 7) is 11.7. The minimum absolute atomic E-state index is 0.0241. The molecule has 0 fully saturated rings. The fourth-order valence-corrected chi connectivity index (χ4v) is 2.28. The lowest BCUT2D eigenvalue weighted by Gasteiger charge is -2.36. The monoisotopic (exact) mass is 332 g/mol. The SMILES string of the molecule is CCOC(=O)NC(CCC(N)=O)C(=O)O[Si](C)(C)C(C)(C)C. The van der Waals surface area contributed by atoms with Crippen LogP contribution >= 0.6 is 0 Å². The molecule has 0 aliphatic rings. The van der Waals surface area contributed by atoms with Crippen molar-refractivity contribution in [1.29, 1.82) is 0 Å². The fourth-order valence-electron chi connectivity index (χ4n) is 1.33. The summed E-state index contributed by atoms with van der Waals surface area (Å²) >= 11 is 0. The van der Waals surface area contributed by atoms with Gasteiger partial charge in [0.25, 0.3) is 8.32 Å². The number of nitrogens with one attached hydrogen (secondary N) is 1. The third-order valence-electron chi connectivity index (χ3n) is 3.69. The zero-order chi connectivity index (χ0) is 17.6. The van der Waals surface area contributed by atoms with Gasteiger partial charge in [0.1, 0.15) is 6.04 Å². The van der Waals surface area contributed by atoms with E-state index >= 15 is 0 Å². The average molecular weight is 332 g/mol. The number of carbonyl (C=O) groups excluding carboxylic acids is 3. The highest BCUT2D eigenvalue weighted by Gasteiger charge is 2.41. The Bertz CT molecular complexity index is 418. The molecule has 7 nitrogen and oxygen atoms in total. The maximum Gasteiger partial charge on any atom is 0.407 e. The van der Waals surface area contributed by atoms with Crippen molar-refractivity contribution in [3.8, 4) is 0 Å². The Morgan fingerprint density at radius 1 is 1.23 bits per heavy atom. The van der Waals surface area contributed by atoms with Crippen LogP contribution in [0.25, 0.3) is 0 Å². The number of hydrogen-bond acceptors (Lipinski definition) is 5. The van der Waals surface area contributed by atoms with Crippen molar-refractivity contribution in [1.82, 2.24) is 5.32 Å². The molecule has 0 aromatic carbocycles. The van der Waals surface area contributed by atoms with Crippen LogP contribution in [-0.2, 0) is 18.8 Å². The second-order valence-electron chi connectivity index (χ2n) is 6.60. The normalized spacial score (nSPS) is 13.2. The topological polar surface area (TPSA) is 108 Å². The van der Waals surface area contributed by atoms with Gasteiger partial charge in [0, 0.05) is 6.42 Å². The Balaban J connectivity index is 4.95. The first kappa shape index (κ1) is 20.4. The van der Waals surface area contributed by atoms with Gasteiger partial charge in [-0.2, -0.15) is 0 Å². The number of ether oxygens (including phenoxy) is 1. The standard InChI is InChI=1S/C14H28N2O5Si/c1-7-20-13(19)16-10(8-9-11(15)17)12(18)21-22(5,6)14(2,3)4/h10H,7-9H2,1-6H3,(H2,15,17)(H,16,19). The van der Waals surface area contributed by atoms with Crippen LogP contribution < -0.4 is 11.1 Å². The lowest BCUT2D eigenvalue weighted by molar-refractivity contribution is -0.138. The van der Waals surface area contributed by atoms with E-state index in [9.17, 15) is 14.4 Å². The van der Waals surface area contributed by atoms with Gasteiger partial charge in [0.2, 0.25) is 5.91 Å². The van der Waals surface area contributed by atoms with Crippen LogP contribution in [0.5, 0.6) is 0 Å². The van der Waals surface area contributed by atoms with Gasteiger partial charge in [0.05, 0.1) is 6.61 Å². The summed E-state index contributed by atoms with van der Waals surface area (Å²) in [6, 6.07) is -0.944. The number of rotatable bonds is 7. The molecule has 1 atom stereocenters. The van der Waals surface area contributed by atoms with E-state index in [1.807, 2.05) is 33.9 Å². The van der Waals surface area contributed by atoms with Crippen LogP contribution in [0.3, 0.4) is 0 Å². The molecule has 0 saturated heterocycles. The molecule has 0 radical (unpaired) electrons. The average Bonchev–Trinajstić information content (AvgIpc) is 2.32. The lowest BCUT2D eigenvalue weighted by Crippen LogP contribution is -2.49. The van der Waals surface area contributed by atoms with Gasteiger partial charge in [-0.3, -0.25) is 9.59 Å². The molecule has 0 aromatic rings. The van der Waals surface area contributed by atoms with E-state index in [1.165, 1.54) is 0 Å². The first-order valence-electron chi connectivity index (χ1n) is 7.35. The highest BCUT2D eigenvalue weighted by atomic mass is 28.4. The van der Waals surface area contributed by atoms with E-state index in [4.69, 9.17) is 14.9 Å². The van der Waals surface area contributed by atoms with Crippen LogP contribution in [0, 0.1) is 0 Å². The Morgan fingerprint density at radius 2 is 1.77 bits per heavy atom. The van der Waals surface area contributed by atoms with E-state index in [0.717, 1.165) is 0 Å². The van der Waals surface area contributed by atoms with Crippen molar-refractivity contribution in [3.05, 3.63) is 0 Å². The molecule has 0 aliphatic heterocycles. The fraction of sp³-hybridized carbons (Fsp3) is 0.786. The van der Waals surface area contributed by atoms with Crippen molar-refractivity contribution in [2.75, 3.05) is 6.61 Å². The third kappa shape index (κ3) is 6.93. The van der Waals surface area contributed by atoms with Crippen molar-refractivity contribution in [2.24, 2.45) is 5.73 Å². The zero-order valence-electron chi connectivity index (χ0n) is 14.3. The van der Waals surface area contributed by atoms with Crippen LogP contribution in [0.15, 0.2) is 0 Å². The minimum Gasteiger partial charge on any atom is -0.518 e. The first-order chi connectivity index (χ1) is 9.90. The smallest absolute Gasteiger partial charge is 0.407 e. The Hall–Kier alpha value is -1.57. The van der Waals surface area contributed by atoms with E-state index in [-0.39, 0.29) is 24.5 Å². The molecule has 128 valence electrons. The number of hydrogen-bond donors (Lipinski definition) is 2. The second kappa shape index (κ2) is 8.16. The lowest BCUT2D eigenvalue weighted by atomic mass is 10.1. The predicted octanol–water partition coefficient (Wildman–Crippen LogP) is 1.91. The van der Waals surface area contributed by atoms with Crippen molar-refractivity contribution in [3.63, 3.8) is 0 Å². The molecule has 0 heterocycles. The van der Waals surface area contributed by atoms with E-state index in [0.29, 0.717) is 0 Å². The van der Waals surface area contributed by atoms with Gasteiger partial charge in [-0.05, 0) is 31.5 Å². The number of nitrogens with two attached hydrogens (primary N) is 1. The third-order valence-corrected chi connectivity index (χ3v) is 8.02. The summed E-state index contributed by atoms with van der Waals surface area (Å²) in [5, 5.41) is 2.27. The first-order valence-corrected chi connectivity index (χ1v) is 10.3. The number of amides is 2. The van der Waals surface area contributed by atoms with Crippen LogP contribution in [-0.4, -0.2) is 38.9 Å². The predicted molar refractivity (Wildman–Crippen MR) is 85.7 cm³/mol. The van der Waals surface area contributed by atoms with Crippen molar-refractivity contribution < 1.29 is 23.5 Å². The molecule has 3 N–H and O–H groups in total. The van der Waals surface area contributed by atoms with E-state index < -0.39 is 32.3 Å². The highest BCUT2D eigenvalue weighted by Crippen LogP contribution is 2.36. The second-order valence-corrected chi connectivity index (χ2v) is 11.3. The van der Waals surface area contributed by atoms with Gasteiger partial charge in [-0.25, -0.2) is 4.79 Å². The largest absolute Gasteiger partial charge is 0.518 e. The summed E-state index contributed by atoms with van der Waals surface area (Å²) in [6.07, 6.45) is -0.658. The van der Waals surface area contributed by atoms with Crippen molar-refractivity contribution in [2.45, 2.75) is 64.7 Å². The van der Waals surface area contributed by atoms with Crippen LogP contribution in [0.1, 0.15) is 40.5 Å². The summed E-state index contributed by atoms with van der Waals surface area (Å²) in [4.78, 5) is 34.8. The van der Waals surface area contributed by atoms with Crippen LogP contribution in [0.2, 0.25) is 18.1 Å². The molecule has 0 spiro atoms. The van der Waals surface area contributed by atoms with Gasteiger partial charge >= 0.3 is 12.1 Å². The molecule has 0 rings (SSSR count). The van der Waals surface area contributed by atoms with Gasteiger partial charge < -0.3 is 20.2 Å². The highest BCUT2D eigenvalue weighted by molar-refractivity contribution is 6.75. The summed E-state index contributed by atoms with van der Waals surface area (Å²) in [7, 11) is -2.31. The zero-order valence-corrected chi connectivity index (χ0v) is 15.3. The number of carbonyl (C=O) groups is 3. The Kier molecular flexibility index (Phi) is 7.58. The molecular weight excluding hydrogens is 304 g/mol. The molecule has 0 aromatic heterocycles.